The van der Waals surface area contributed by atoms with Gasteiger partial charge in [-0.25, -0.2) is 9.78 Å². The summed E-state index contributed by atoms with van der Waals surface area (Å²) in [6.07, 6.45) is 1.70. The molecule has 3 aromatic rings. The van der Waals surface area contributed by atoms with E-state index >= 15 is 0 Å². The number of rotatable bonds is 4. The summed E-state index contributed by atoms with van der Waals surface area (Å²) in [7, 11) is 1.56. The number of ether oxygens (including phenoxy) is 1. The summed E-state index contributed by atoms with van der Waals surface area (Å²) in [4.78, 5) is 43.6. The molecule has 1 N–H and O–H groups in total. The van der Waals surface area contributed by atoms with Crippen LogP contribution in [-0.4, -0.2) is 33.3 Å². The quantitative estimate of drug-likeness (QED) is 0.686. The van der Waals surface area contributed by atoms with Gasteiger partial charge in [-0.15, -0.1) is 0 Å². The second kappa shape index (κ2) is 6.73. The Bertz CT molecular complexity index is 1190. The molecule has 1 atom stereocenters. The SMILES string of the molecule is COc1ccc(C2(C)NC(=O)N(Cc3cc(=O)n4cc(C)ccc4n3)C2=O)cc1. The molecule has 8 nitrogen and oxygen atoms in total. The van der Waals surface area contributed by atoms with Crippen molar-refractivity contribution in [1.29, 1.82) is 0 Å². The minimum absolute atomic E-state index is 0.0873. The minimum atomic E-state index is -1.20. The molecule has 2 aromatic heterocycles. The summed E-state index contributed by atoms with van der Waals surface area (Å²) in [5.41, 5.74) is 0.912. The van der Waals surface area contributed by atoms with Gasteiger partial charge in [0.2, 0.25) is 0 Å². The van der Waals surface area contributed by atoms with Crippen molar-refractivity contribution in [2.75, 3.05) is 7.11 Å². The molecule has 0 spiro atoms. The third kappa shape index (κ3) is 3.12. The first kappa shape index (κ1) is 18.7. The van der Waals surface area contributed by atoms with Crippen LogP contribution in [0.1, 0.15) is 23.7 Å². The Morgan fingerprint density at radius 2 is 1.83 bits per heavy atom. The van der Waals surface area contributed by atoms with E-state index in [2.05, 4.69) is 10.3 Å². The number of fused-ring (bicyclic) bond motifs is 1. The lowest BCUT2D eigenvalue weighted by Gasteiger charge is -2.22. The average Bonchev–Trinajstić information content (AvgIpc) is 2.92. The van der Waals surface area contributed by atoms with E-state index in [0.717, 1.165) is 10.5 Å². The van der Waals surface area contributed by atoms with Gasteiger partial charge in [-0.1, -0.05) is 18.2 Å². The average molecular weight is 392 g/mol. The fraction of sp³-hybridized carbons (Fsp3) is 0.238. The first-order chi connectivity index (χ1) is 13.8. The van der Waals surface area contributed by atoms with E-state index in [4.69, 9.17) is 4.74 Å². The second-order valence-corrected chi connectivity index (χ2v) is 7.20. The molecule has 0 aliphatic carbocycles. The zero-order valence-electron chi connectivity index (χ0n) is 16.3. The molecule has 4 rings (SSSR count). The summed E-state index contributed by atoms with van der Waals surface area (Å²) < 4.78 is 6.58. The highest BCUT2D eigenvalue weighted by atomic mass is 16.5. The van der Waals surface area contributed by atoms with E-state index in [-0.39, 0.29) is 12.1 Å². The number of nitrogens with zero attached hydrogens (tertiary/aromatic N) is 3. The predicted octanol–water partition coefficient (Wildman–Crippen LogP) is 1.98. The standard InChI is InChI=1S/C21H20N4O4/c1-13-4-9-17-22-15(10-18(26)24(17)11-13)12-25-19(27)21(2,23-20(25)28)14-5-7-16(29-3)8-6-14/h4-11H,12H2,1-3H3,(H,23,28). The van der Waals surface area contributed by atoms with E-state index in [1.165, 1.54) is 10.5 Å². The van der Waals surface area contributed by atoms with Crippen LogP contribution in [0.4, 0.5) is 4.79 Å². The third-order valence-corrected chi connectivity index (χ3v) is 5.12. The van der Waals surface area contributed by atoms with Crippen LogP contribution in [0.25, 0.3) is 5.65 Å². The number of methoxy groups -OCH3 is 1. The van der Waals surface area contributed by atoms with Crippen LogP contribution in [-0.2, 0) is 16.9 Å². The highest BCUT2D eigenvalue weighted by Crippen LogP contribution is 2.30. The van der Waals surface area contributed by atoms with Crippen molar-refractivity contribution in [2.45, 2.75) is 25.9 Å². The molecule has 148 valence electrons. The smallest absolute Gasteiger partial charge is 0.325 e. The van der Waals surface area contributed by atoms with Gasteiger partial charge in [0.05, 0.1) is 19.3 Å². The number of aromatic nitrogens is 2. The van der Waals surface area contributed by atoms with Gasteiger partial charge in [-0.2, -0.15) is 0 Å². The molecule has 1 saturated heterocycles. The van der Waals surface area contributed by atoms with Crippen LogP contribution in [0.15, 0.2) is 53.5 Å². The van der Waals surface area contributed by atoms with Gasteiger partial charge in [0.25, 0.3) is 11.5 Å². The molecule has 1 unspecified atom stereocenters. The Kier molecular flexibility index (Phi) is 4.34. The van der Waals surface area contributed by atoms with E-state index in [9.17, 15) is 14.4 Å². The molecule has 8 heteroatoms. The molecule has 1 aliphatic rings. The van der Waals surface area contributed by atoms with Crippen LogP contribution in [0, 0.1) is 6.92 Å². The first-order valence-electron chi connectivity index (χ1n) is 9.09. The number of urea groups is 1. The number of pyridine rings is 1. The fourth-order valence-corrected chi connectivity index (χ4v) is 3.46. The topological polar surface area (TPSA) is 93.0 Å². The maximum atomic E-state index is 13.1. The molecule has 29 heavy (non-hydrogen) atoms. The Labute approximate surface area is 166 Å². The number of hydrogen-bond donors (Lipinski definition) is 1. The maximum Gasteiger partial charge on any atom is 0.325 e. The van der Waals surface area contributed by atoms with E-state index < -0.39 is 17.5 Å². The highest BCUT2D eigenvalue weighted by molar-refractivity contribution is 6.07. The van der Waals surface area contributed by atoms with E-state index in [1.54, 1.807) is 50.6 Å². The van der Waals surface area contributed by atoms with Crippen molar-refractivity contribution in [1.82, 2.24) is 19.6 Å². The zero-order valence-corrected chi connectivity index (χ0v) is 16.3. The Morgan fingerprint density at radius 1 is 1.10 bits per heavy atom. The van der Waals surface area contributed by atoms with Crippen molar-refractivity contribution in [3.05, 3.63) is 75.8 Å². The number of hydrogen-bond acceptors (Lipinski definition) is 5. The number of imide groups is 1. The summed E-state index contributed by atoms with van der Waals surface area (Å²) >= 11 is 0. The maximum absolute atomic E-state index is 13.1. The van der Waals surface area contributed by atoms with Crippen LogP contribution >= 0.6 is 0 Å². The predicted molar refractivity (Wildman–Crippen MR) is 106 cm³/mol. The Hall–Kier alpha value is -3.68. The number of benzene rings is 1. The van der Waals surface area contributed by atoms with Crippen molar-refractivity contribution in [3.63, 3.8) is 0 Å². The molecule has 1 aliphatic heterocycles. The lowest BCUT2D eigenvalue weighted by Crippen LogP contribution is -2.40. The van der Waals surface area contributed by atoms with Gasteiger partial charge in [-0.05, 0) is 43.2 Å². The van der Waals surface area contributed by atoms with Gasteiger partial charge in [0, 0.05) is 12.3 Å². The summed E-state index contributed by atoms with van der Waals surface area (Å²) in [6, 6.07) is 11.3. The van der Waals surface area contributed by atoms with Gasteiger partial charge >= 0.3 is 6.03 Å². The molecule has 1 fully saturated rings. The van der Waals surface area contributed by atoms with Gasteiger partial charge in [0.1, 0.15) is 16.9 Å². The molecule has 0 bridgehead atoms. The van der Waals surface area contributed by atoms with E-state index in [0.29, 0.717) is 22.7 Å². The van der Waals surface area contributed by atoms with Gasteiger partial charge < -0.3 is 10.1 Å². The number of amides is 3. The highest BCUT2D eigenvalue weighted by Gasteiger charge is 2.49. The van der Waals surface area contributed by atoms with Crippen LogP contribution in [0.3, 0.4) is 0 Å². The summed E-state index contributed by atoms with van der Waals surface area (Å²) in [6.45, 7) is 3.45. The number of nitrogens with one attached hydrogen (secondary N) is 1. The fourth-order valence-electron chi connectivity index (χ4n) is 3.46. The van der Waals surface area contributed by atoms with Crippen LogP contribution in [0.2, 0.25) is 0 Å². The summed E-state index contributed by atoms with van der Waals surface area (Å²) in [5.74, 6) is 0.251. The second-order valence-electron chi connectivity index (χ2n) is 7.20. The van der Waals surface area contributed by atoms with Gasteiger partial charge in [0.15, 0.2) is 0 Å². The van der Waals surface area contributed by atoms with Crippen molar-refractivity contribution < 1.29 is 14.3 Å². The Morgan fingerprint density at radius 3 is 2.52 bits per heavy atom. The molecule has 0 saturated carbocycles. The normalized spacial score (nSPS) is 18.9. The molecular weight excluding hydrogens is 372 g/mol. The number of aryl methyl sites for hydroxylation is 1. The first-order valence-corrected chi connectivity index (χ1v) is 9.09. The molecule has 3 amide bonds. The van der Waals surface area contributed by atoms with Crippen LogP contribution in [0.5, 0.6) is 5.75 Å². The minimum Gasteiger partial charge on any atom is -0.497 e. The molecule has 1 aromatic carbocycles. The lowest BCUT2D eigenvalue weighted by atomic mass is 9.92. The largest absolute Gasteiger partial charge is 0.497 e. The number of carbonyl (C=O) groups is 2. The van der Waals surface area contributed by atoms with Crippen molar-refractivity contribution in [3.8, 4) is 5.75 Å². The third-order valence-electron chi connectivity index (χ3n) is 5.12. The Balaban J connectivity index is 1.65. The van der Waals surface area contributed by atoms with Crippen LogP contribution < -0.4 is 15.6 Å². The number of carbonyl (C=O) groups excluding carboxylic acids is 2. The van der Waals surface area contributed by atoms with Crippen molar-refractivity contribution in [2.24, 2.45) is 0 Å². The lowest BCUT2D eigenvalue weighted by molar-refractivity contribution is -0.131. The monoisotopic (exact) mass is 392 g/mol. The summed E-state index contributed by atoms with van der Waals surface area (Å²) in [5, 5.41) is 2.75. The van der Waals surface area contributed by atoms with Gasteiger partial charge in [-0.3, -0.25) is 18.9 Å². The molecule has 3 heterocycles. The molecule has 0 radical (unpaired) electrons. The molecular formula is C21H20N4O4. The van der Waals surface area contributed by atoms with E-state index in [1.807, 2.05) is 13.0 Å². The zero-order chi connectivity index (χ0) is 20.8. The van der Waals surface area contributed by atoms with Crippen molar-refractivity contribution >= 4 is 17.6 Å².